The van der Waals surface area contributed by atoms with Gasteiger partial charge in [-0.05, 0) is 37.5 Å². The number of anilines is 2. The molecule has 0 amide bonds. The van der Waals surface area contributed by atoms with Gasteiger partial charge in [0.1, 0.15) is 4.99 Å². The highest BCUT2D eigenvalue weighted by Gasteiger charge is 2.22. The van der Waals surface area contributed by atoms with Gasteiger partial charge in [-0.3, -0.25) is 0 Å². The molecule has 1 aromatic carbocycles. The number of rotatable bonds is 2. The van der Waals surface area contributed by atoms with Crippen molar-refractivity contribution in [3.05, 3.63) is 47.2 Å². The Morgan fingerprint density at radius 1 is 1.35 bits per heavy atom. The summed E-state index contributed by atoms with van der Waals surface area (Å²) in [5, 5.41) is 8.24. The number of nitrogens with two attached hydrogens (primary N) is 1. The molecule has 0 aliphatic carbocycles. The molecule has 0 fully saturated rings. The summed E-state index contributed by atoms with van der Waals surface area (Å²) in [6.45, 7) is 3.02. The smallest absolute Gasteiger partial charge is 0.165 e. The normalized spacial score (nSPS) is 13.9. The van der Waals surface area contributed by atoms with Crippen LogP contribution >= 0.6 is 12.2 Å². The highest BCUT2D eigenvalue weighted by Crippen LogP contribution is 2.34. The number of benzene rings is 1. The lowest BCUT2D eigenvalue weighted by Gasteiger charge is -2.31. The number of aromatic nitrogens is 2. The van der Waals surface area contributed by atoms with Crippen LogP contribution in [-0.4, -0.2) is 21.7 Å². The first-order valence-electron chi connectivity index (χ1n) is 6.65. The van der Waals surface area contributed by atoms with Crippen molar-refractivity contribution in [2.24, 2.45) is 5.73 Å². The van der Waals surface area contributed by atoms with Crippen LogP contribution in [0.5, 0.6) is 0 Å². The van der Waals surface area contributed by atoms with E-state index in [1.807, 2.05) is 6.07 Å². The number of thiocarbonyl (C=S) groups is 1. The number of hydrogen-bond acceptors (Lipinski definition) is 4. The molecule has 1 aliphatic rings. The van der Waals surface area contributed by atoms with E-state index in [9.17, 15) is 0 Å². The van der Waals surface area contributed by atoms with Crippen LogP contribution in [0.1, 0.15) is 23.1 Å². The van der Waals surface area contributed by atoms with E-state index in [1.165, 1.54) is 16.8 Å². The third-order valence-corrected chi connectivity index (χ3v) is 3.80. The van der Waals surface area contributed by atoms with Gasteiger partial charge < -0.3 is 10.6 Å². The molecule has 5 heteroatoms. The van der Waals surface area contributed by atoms with Crippen molar-refractivity contribution in [2.75, 3.05) is 11.4 Å². The summed E-state index contributed by atoms with van der Waals surface area (Å²) in [6, 6.07) is 8.32. The van der Waals surface area contributed by atoms with E-state index in [4.69, 9.17) is 18.0 Å². The summed E-state index contributed by atoms with van der Waals surface area (Å²) in [6.07, 6.45) is 3.80. The van der Waals surface area contributed by atoms with Crippen molar-refractivity contribution >= 4 is 28.7 Å². The van der Waals surface area contributed by atoms with E-state index in [2.05, 4.69) is 40.2 Å². The van der Waals surface area contributed by atoms with Crippen LogP contribution in [0.3, 0.4) is 0 Å². The van der Waals surface area contributed by atoms with Crippen LogP contribution < -0.4 is 10.6 Å². The minimum atomic E-state index is 0.356. The molecule has 102 valence electrons. The number of aryl methyl sites for hydroxylation is 2. The molecule has 2 heterocycles. The molecule has 2 N–H and O–H groups in total. The molecule has 3 rings (SSSR count). The van der Waals surface area contributed by atoms with E-state index in [0.29, 0.717) is 4.99 Å². The summed E-state index contributed by atoms with van der Waals surface area (Å²) >= 11 is 5.12. The van der Waals surface area contributed by atoms with Crippen LogP contribution in [0.2, 0.25) is 0 Å². The van der Waals surface area contributed by atoms with E-state index in [1.54, 1.807) is 6.20 Å². The second-order valence-corrected chi connectivity index (χ2v) is 5.46. The quantitative estimate of drug-likeness (QED) is 0.859. The molecule has 0 bridgehead atoms. The standard InChI is InChI=1S/C15H16N4S/c1-10-4-5-13-11(9-10)3-2-8-19(13)15-12(14(16)20)6-7-17-18-15/h4-7,9H,2-3,8H2,1H3,(H2,16,20). The lowest BCUT2D eigenvalue weighted by molar-refractivity contribution is 0.752. The van der Waals surface area contributed by atoms with Crippen LogP contribution in [0.4, 0.5) is 11.5 Å². The minimum Gasteiger partial charge on any atom is -0.389 e. The Morgan fingerprint density at radius 3 is 3.00 bits per heavy atom. The summed E-state index contributed by atoms with van der Waals surface area (Å²) < 4.78 is 0. The summed E-state index contributed by atoms with van der Waals surface area (Å²) in [4.78, 5) is 2.52. The maximum Gasteiger partial charge on any atom is 0.165 e. The van der Waals surface area contributed by atoms with Crippen molar-refractivity contribution in [3.8, 4) is 0 Å². The lowest BCUT2D eigenvalue weighted by atomic mass is 9.99. The Balaban J connectivity index is 2.12. The maximum atomic E-state index is 5.80. The van der Waals surface area contributed by atoms with Gasteiger partial charge in [-0.25, -0.2) is 0 Å². The molecule has 0 spiro atoms. The van der Waals surface area contributed by atoms with Gasteiger partial charge in [0.2, 0.25) is 0 Å². The Labute approximate surface area is 123 Å². The van der Waals surface area contributed by atoms with Gasteiger partial charge >= 0.3 is 0 Å². The van der Waals surface area contributed by atoms with Crippen molar-refractivity contribution < 1.29 is 0 Å². The van der Waals surface area contributed by atoms with Crippen LogP contribution in [-0.2, 0) is 6.42 Å². The predicted octanol–water partition coefficient (Wildman–Crippen LogP) is 2.50. The van der Waals surface area contributed by atoms with E-state index < -0.39 is 0 Å². The fourth-order valence-electron chi connectivity index (χ4n) is 2.66. The Kier molecular flexibility index (Phi) is 3.36. The predicted molar refractivity (Wildman–Crippen MR) is 84.4 cm³/mol. The topological polar surface area (TPSA) is 55.0 Å². The van der Waals surface area contributed by atoms with E-state index >= 15 is 0 Å². The van der Waals surface area contributed by atoms with Crippen LogP contribution in [0.15, 0.2) is 30.5 Å². The molecule has 2 aromatic rings. The van der Waals surface area contributed by atoms with Crippen molar-refractivity contribution in [1.82, 2.24) is 10.2 Å². The molecule has 1 aromatic heterocycles. The molecular formula is C15H16N4S. The molecular weight excluding hydrogens is 268 g/mol. The van der Waals surface area contributed by atoms with Crippen LogP contribution in [0.25, 0.3) is 0 Å². The first-order chi connectivity index (χ1) is 9.66. The SMILES string of the molecule is Cc1ccc2c(c1)CCCN2c1nnccc1C(N)=S. The van der Waals surface area contributed by atoms with Crippen molar-refractivity contribution in [3.63, 3.8) is 0 Å². The van der Waals surface area contributed by atoms with Gasteiger partial charge in [0, 0.05) is 12.2 Å². The summed E-state index contributed by atoms with van der Waals surface area (Å²) in [7, 11) is 0. The molecule has 20 heavy (non-hydrogen) atoms. The third-order valence-electron chi connectivity index (χ3n) is 3.58. The Bertz CT molecular complexity index is 669. The second kappa shape index (κ2) is 5.17. The highest BCUT2D eigenvalue weighted by atomic mass is 32.1. The van der Waals surface area contributed by atoms with Gasteiger partial charge in [0.05, 0.1) is 11.8 Å². The highest BCUT2D eigenvalue weighted by molar-refractivity contribution is 7.80. The number of fused-ring (bicyclic) bond motifs is 1. The monoisotopic (exact) mass is 284 g/mol. The molecule has 0 unspecified atom stereocenters. The average molecular weight is 284 g/mol. The Hall–Kier alpha value is -2.01. The first kappa shape index (κ1) is 13.0. The van der Waals surface area contributed by atoms with Gasteiger partial charge in [0.25, 0.3) is 0 Å². The molecule has 0 saturated carbocycles. The third kappa shape index (κ3) is 2.25. The second-order valence-electron chi connectivity index (χ2n) is 5.02. The van der Waals surface area contributed by atoms with Gasteiger partial charge in [-0.2, -0.15) is 5.10 Å². The van der Waals surface area contributed by atoms with E-state index in [0.717, 1.165) is 30.8 Å². The number of nitrogens with zero attached hydrogens (tertiary/aromatic N) is 3. The fraction of sp³-hybridized carbons (Fsp3) is 0.267. The zero-order chi connectivity index (χ0) is 14.1. The van der Waals surface area contributed by atoms with Gasteiger partial charge in [-0.1, -0.05) is 29.9 Å². The zero-order valence-electron chi connectivity index (χ0n) is 11.3. The Morgan fingerprint density at radius 2 is 2.20 bits per heavy atom. The van der Waals surface area contributed by atoms with Crippen LogP contribution in [0, 0.1) is 6.92 Å². The molecule has 0 saturated heterocycles. The molecule has 0 atom stereocenters. The fourth-order valence-corrected chi connectivity index (χ4v) is 2.82. The average Bonchev–Trinajstić information content (AvgIpc) is 2.46. The van der Waals surface area contributed by atoms with Gasteiger partial charge in [0.15, 0.2) is 5.82 Å². The minimum absolute atomic E-state index is 0.356. The maximum absolute atomic E-state index is 5.80. The van der Waals surface area contributed by atoms with Crippen molar-refractivity contribution in [2.45, 2.75) is 19.8 Å². The lowest BCUT2D eigenvalue weighted by Crippen LogP contribution is -2.28. The zero-order valence-corrected chi connectivity index (χ0v) is 12.2. The van der Waals surface area contributed by atoms with Crippen molar-refractivity contribution in [1.29, 1.82) is 0 Å². The molecule has 1 aliphatic heterocycles. The molecule has 4 nitrogen and oxygen atoms in total. The molecule has 0 radical (unpaired) electrons. The van der Waals surface area contributed by atoms with Gasteiger partial charge in [-0.15, -0.1) is 5.10 Å². The summed E-state index contributed by atoms with van der Waals surface area (Å²) in [5.74, 6) is 0.754. The van der Waals surface area contributed by atoms with E-state index in [-0.39, 0.29) is 0 Å². The largest absolute Gasteiger partial charge is 0.389 e. The number of hydrogen-bond donors (Lipinski definition) is 1. The first-order valence-corrected chi connectivity index (χ1v) is 7.06. The summed E-state index contributed by atoms with van der Waals surface area (Å²) in [5.41, 5.74) is 10.4.